The van der Waals surface area contributed by atoms with Crippen molar-refractivity contribution in [3.8, 4) is 22.3 Å². The second kappa shape index (κ2) is 15.0. The van der Waals surface area contributed by atoms with Crippen molar-refractivity contribution in [1.29, 1.82) is 0 Å². The van der Waals surface area contributed by atoms with E-state index in [9.17, 15) is 0 Å². The molecule has 1 N–H and O–H groups in total. The fraction of sp³-hybridized carbons (Fsp3) is 0.343. The van der Waals surface area contributed by atoms with Gasteiger partial charge in [0.2, 0.25) is 7.28 Å². The molecule has 0 amide bonds. The fourth-order valence-electron chi connectivity index (χ4n) is 13.5. The van der Waals surface area contributed by atoms with Gasteiger partial charge in [-0.15, -0.1) is 11.3 Å². The zero-order chi connectivity index (χ0) is 50.2. The molecule has 1 radical (unpaired) electrons. The molecule has 3 nitrogen and oxygen atoms in total. The number of hydrogen-bond acceptors (Lipinski definition) is 4. The molecule has 9 aromatic rings. The lowest BCUT2D eigenvalue weighted by atomic mass is 9.61. The molecular formula is C67H68BN2OS. The molecule has 3 heterocycles. The van der Waals surface area contributed by atoms with Gasteiger partial charge in [0.25, 0.3) is 0 Å². The van der Waals surface area contributed by atoms with Gasteiger partial charge in [-0.1, -0.05) is 151 Å². The van der Waals surface area contributed by atoms with Gasteiger partial charge in [-0.05, 0) is 174 Å². The van der Waals surface area contributed by atoms with Crippen molar-refractivity contribution in [3.63, 3.8) is 0 Å². The van der Waals surface area contributed by atoms with Crippen molar-refractivity contribution in [2.24, 2.45) is 0 Å². The van der Waals surface area contributed by atoms with E-state index in [4.69, 9.17) is 4.42 Å². The number of fused-ring (bicyclic) bond motifs is 12. The van der Waals surface area contributed by atoms with Crippen LogP contribution < -0.4 is 20.5 Å². The van der Waals surface area contributed by atoms with Gasteiger partial charge < -0.3 is 14.6 Å². The number of benzene rings is 7. The summed E-state index contributed by atoms with van der Waals surface area (Å²) < 4.78 is 9.89. The number of thiophene rings is 1. The Morgan fingerprint density at radius 3 is 1.90 bits per heavy atom. The number of anilines is 5. The van der Waals surface area contributed by atoms with Crippen molar-refractivity contribution in [2.75, 3.05) is 10.2 Å². The van der Waals surface area contributed by atoms with Crippen LogP contribution in [0.3, 0.4) is 0 Å². The predicted octanol–water partition coefficient (Wildman–Crippen LogP) is 18.0. The van der Waals surface area contributed by atoms with Crippen LogP contribution in [0.4, 0.5) is 28.4 Å². The van der Waals surface area contributed by atoms with E-state index < -0.39 is 0 Å². The summed E-state index contributed by atoms with van der Waals surface area (Å²) in [5, 5.41) is 7.66. The van der Waals surface area contributed by atoms with Crippen molar-refractivity contribution in [1.82, 2.24) is 0 Å². The highest BCUT2D eigenvalue weighted by molar-refractivity contribution is 7.29. The summed E-state index contributed by atoms with van der Waals surface area (Å²) >= 11 is 1.96. The first-order valence-corrected chi connectivity index (χ1v) is 27.4. The SMILES string of the molecule is CC(C)(C)c1ccc(Nc2cc3c(cc2-c2c4c(cc5c2oc2ccccc25)N(c2ccc5c(c2)C(C)(C)CCC5(C)C)c2c(sc5cc6c(cc25)C(C)(C)CCC6(C)C)[B]4)-c2ccccc2C3(C)C)cc1. The highest BCUT2D eigenvalue weighted by Gasteiger charge is 2.43. The molecule has 0 atom stereocenters. The molecule has 2 aromatic heterocycles. The maximum Gasteiger partial charge on any atom is 0.212 e. The van der Waals surface area contributed by atoms with E-state index in [-0.39, 0.29) is 32.5 Å². The number of furan rings is 1. The van der Waals surface area contributed by atoms with Crippen molar-refractivity contribution in [2.45, 2.75) is 148 Å². The molecule has 361 valence electrons. The summed E-state index contributed by atoms with van der Waals surface area (Å²) in [6, 6.07) is 46.9. The Labute approximate surface area is 432 Å². The third-order valence-corrected chi connectivity index (χ3v) is 19.3. The number of nitrogens with zero attached hydrogens (tertiary/aromatic N) is 1. The Kier molecular flexibility index (Phi) is 9.56. The minimum absolute atomic E-state index is 0.0375. The molecule has 4 aliphatic rings. The molecule has 0 bridgehead atoms. The van der Waals surface area contributed by atoms with E-state index in [2.05, 4.69) is 229 Å². The zero-order valence-electron chi connectivity index (χ0n) is 44.7. The van der Waals surface area contributed by atoms with Crippen molar-refractivity contribution >= 4 is 89.3 Å². The van der Waals surface area contributed by atoms with Gasteiger partial charge in [0.05, 0.1) is 5.69 Å². The van der Waals surface area contributed by atoms with Crippen LogP contribution in [-0.2, 0) is 32.5 Å². The minimum Gasteiger partial charge on any atom is -0.455 e. The maximum atomic E-state index is 7.26. The molecule has 0 saturated heterocycles. The zero-order valence-corrected chi connectivity index (χ0v) is 45.5. The Morgan fingerprint density at radius 2 is 1.19 bits per heavy atom. The van der Waals surface area contributed by atoms with Crippen LogP contribution in [0.1, 0.15) is 155 Å². The summed E-state index contributed by atoms with van der Waals surface area (Å²) in [5.74, 6) is 0. The second-order valence-corrected chi connectivity index (χ2v) is 27.3. The quantitative estimate of drug-likeness (QED) is 0.178. The summed E-state index contributed by atoms with van der Waals surface area (Å²) in [5.41, 5.74) is 23.8. The van der Waals surface area contributed by atoms with Gasteiger partial charge in [0.15, 0.2) is 0 Å². The van der Waals surface area contributed by atoms with E-state index in [1.54, 1.807) is 0 Å². The van der Waals surface area contributed by atoms with E-state index in [1.807, 2.05) is 11.3 Å². The van der Waals surface area contributed by atoms with Crippen LogP contribution in [0.15, 0.2) is 126 Å². The summed E-state index contributed by atoms with van der Waals surface area (Å²) in [4.78, 5) is 2.67. The molecule has 0 spiro atoms. The molecule has 13 rings (SSSR count). The first-order valence-electron chi connectivity index (χ1n) is 26.6. The van der Waals surface area contributed by atoms with E-state index in [0.29, 0.717) is 0 Å². The Bertz CT molecular complexity index is 3770. The molecule has 5 heteroatoms. The van der Waals surface area contributed by atoms with E-state index in [0.717, 1.165) is 50.9 Å². The lowest BCUT2D eigenvalue weighted by Gasteiger charge is -2.43. The molecule has 0 fully saturated rings. The van der Waals surface area contributed by atoms with E-state index in [1.165, 1.54) is 107 Å². The molecule has 3 aliphatic carbocycles. The Hall–Kier alpha value is -6.04. The summed E-state index contributed by atoms with van der Waals surface area (Å²) in [6.07, 6.45) is 4.69. The molecule has 72 heavy (non-hydrogen) atoms. The van der Waals surface area contributed by atoms with Gasteiger partial charge >= 0.3 is 0 Å². The molecule has 0 unspecified atom stereocenters. The third-order valence-electron chi connectivity index (χ3n) is 18.2. The highest BCUT2D eigenvalue weighted by atomic mass is 32.1. The number of rotatable bonds is 4. The standard InChI is InChI=1S/C67H68BN2OS/c1-62(2,3)38-22-24-39(25-23-38)69-53-36-49-43(41-18-14-16-20-47(41)67(49,12)13)33-45(53)57-58-54(35-44-42-19-15-17-21-55(42)71-60(44)57)70(40-26-27-48-50(32-40)64(6,7)29-28-63(48,4)5)59-46-34-51-52(37-56(46)72-61(59)68-58)66(10,11)31-30-65(51,8)9/h14-27,32-37,69H,28-31H2,1-13H3. The van der Waals surface area contributed by atoms with Gasteiger partial charge in [0, 0.05) is 60.2 Å². The van der Waals surface area contributed by atoms with Crippen LogP contribution in [0.2, 0.25) is 0 Å². The van der Waals surface area contributed by atoms with Crippen molar-refractivity contribution in [3.05, 3.63) is 160 Å². The van der Waals surface area contributed by atoms with E-state index >= 15 is 0 Å². The topological polar surface area (TPSA) is 28.4 Å². The average molecular weight is 960 g/mol. The smallest absolute Gasteiger partial charge is 0.212 e. The average Bonchev–Trinajstić information content (AvgIpc) is 3.96. The fourth-order valence-corrected chi connectivity index (χ4v) is 14.6. The summed E-state index contributed by atoms with van der Waals surface area (Å²) in [7, 11) is 2.53. The maximum absolute atomic E-state index is 7.26. The third kappa shape index (κ3) is 6.67. The largest absolute Gasteiger partial charge is 0.455 e. The number of hydrogen-bond donors (Lipinski definition) is 1. The highest BCUT2D eigenvalue weighted by Crippen LogP contribution is 2.56. The molecule has 1 aliphatic heterocycles. The first kappa shape index (κ1) is 45.8. The lowest BCUT2D eigenvalue weighted by molar-refractivity contribution is 0.332. The lowest BCUT2D eigenvalue weighted by Crippen LogP contribution is -2.40. The minimum atomic E-state index is -0.187. The van der Waals surface area contributed by atoms with Gasteiger partial charge in [-0.2, -0.15) is 0 Å². The number of nitrogens with one attached hydrogen (secondary N) is 1. The van der Waals surface area contributed by atoms with Crippen LogP contribution in [-0.4, -0.2) is 7.28 Å². The molecule has 7 aromatic carbocycles. The monoisotopic (exact) mass is 960 g/mol. The second-order valence-electron chi connectivity index (χ2n) is 26.2. The van der Waals surface area contributed by atoms with Crippen LogP contribution >= 0.6 is 11.3 Å². The predicted molar refractivity (Wildman–Crippen MR) is 311 cm³/mol. The van der Waals surface area contributed by atoms with Crippen LogP contribution in [0, 0.1) is 0 Å². The Morgan fingerprint density at radius 1 is 0.556 bits per heavy atom. The van der Waals surface area contributed by atoms with Crippen LogP contribution in [0.5, 0.6) is 0 Å². The van der Waals surface area contributed by atoms with Gasteiger partial charge in [-0.3, -0.25) is 0 Å². The summed E-state index contributed by atoms with van der Waals surface area (Å²) in [6.45, 7) is 31.3. The number of para-hydroxylation sites is 1. The Balaban J connectivity index is 1.14. The van der Waals surface area contributed by atoms with Crippen LogP contribution in [0.25, 0.3) is 54.3 Å². The molecule has 0 saturated carbocycles. The normalized spacial score (nSPS) is 18.5. The molecular weight excluding hydrogens is 892 g/mol. The first-order chi connectivity index (χ1) is 34.0. The van der Waals surface area contributed by atoms with Crippen molar-refractivity contribution < 1.29 is 4.42 Å². The van der Waals surface area contributed by atoms with Gasteiger partial charge in [0.1, 0.15) is 11.2 Å². The van der Waals surface area contributed by atoms with Gasteiger partial charge in [-0.25, -0.2) is 0 Å².